The Morgan fingerprint density at radius 3 is 2.63 bits per heavy atom. The summed E-state index contributed by atoms with van der Waals surface area (Å²) in [5, 5.41) is 15.0. The Morgan fingerprint density at radius 1 is 1.07 bits per heavy atom. The van der Waals surface area contributed by atoms with Gasteiger partial charge in [-0.3, -0.25) is 14.2 Å². The van der Waals surface area contributed by atoms with Crippen LogP contribution in [0.25, 0.3) is 5.69 Å². The van der Waals surface area contributed by atoms with Crippen molar-refractivity contribution in [3.8, 4) is 11.4 Å². The first-order valence-corrected chi connectivity index (χ1v) is 15.6. The Bertz CT molecular complexity index is 1650. The number of halogens is 1. The van der Waals surface area contributed by atoms with Crippen LogP contribution in [0.5, 0.6) is 5.75 Å². The Balaban J connectivity index is 1.36. The topological polar surface area (TPSA) is 124 Å². The second-order valence-electron chi connectivity index (χ2n) is 9.54. The predicted octanol–water partition coefficient (Wildman–Crippen LogP) is 5.19. The van der Waals surface area contributed by atoms with Gasteiger partial charge in [-0.2, -0.15) is 0 Å². The standard InChI is InChI=1S/C30H30FN5O5S2/c1-3-41-29(39)26-19-11-5-9-15-23(19)43-28(26)33-25(37)17-42-30-35-34-24(36(30)21-13-7-8-14-22(21)40-2)16-32-27(38)18-10-4-6-12-20(18)31/h4,6-8,10,12-14H,3,5,9,11,15-17H2,1-2H3,(H,32,38)(H,33,37). The number of ether oxygens (including phenoxy) is 2. The van der Waals surface area contributed by atoms with E-state index in [1.54, 1.807) is 29.7 Å². The van der Waals surface area contributed by atoms with E-state index < -0.39 is 17.7 Å². The van der Waals surface area contributed by atoms with Crippen molar-refractivity contribution in [3.05, 3.63) is 81.7 Å². The molecule has 5 rings (SSSR count). The number of para-hydroxylation sites is 2. The highest BCUT2D eigenvalue weighted by Crippen LogP contribution is 2.39. The summed E-state index contributed by atoms with van der Waals surface area (Å²) in [4.78, 5) is 39.7. The van der Waals surface area contributed by atoms with Crippen LogP contribution in [-0.4, -0.2) is 52.0 Å². The van der Waals surface area contributed by atoms with Gasteiger partial charge in [-0.1, -0.05) is 36.0 Å². The average molecular weight is 624 g/mol. The van der Waals surface area contributed by atoms with Crippen LogP contribution >= 0.6 is 23.1 Å². The van der Waals surface area contributed by atoms with Crippen LogP contribution in [0.4, 0.5) is 9.39 Å². The highest BCUT2D eigenvalue weighted by Gasteiger charge is 2.28. The maximum absolute atomic E-state index is 14.1. The summed E-state index contributed by atoms with van der Waals surface area (Å²) in [6.07, 6.45) is 3.68. The van der Waals surface area contributed by atoms with E-state index in [1.165, 1.54) is 36.6 Å². The number of methoxy groups -OCH3 is 1. The van der Waals surface area contributed by atoms with Gasteiger partial charge in [-0.25, -0.2) is 9.18 Å². The maximum atomic E-state index is 14.1. The van der Waals surface area contributed by atoms with Gasteiger partial charge in [0.25, 0.3) is 5.91 Å². The molecule has 10 nitrogen and oxygen atoms in total. The molecular weight excluding hydrogens is 593 g/mol. The number of hydrogen-bond donors (Lipinski definition) is 2. The van der Waals surface area contributed by atoms with Gasteiger partial charge in [0, 0.05) is 4.88 Å². The molecule has 2 amide bonds. The van der Waals surface area contributed by atoms with E-state index in [0.717, 1.165) is 47.9 Å². The zero-order valence-corrected chi connectivity index (χ0v) is 25.3. The number of carbonyl (C=O) groups is 3. The zero-order chi connectivity index (χ0) is 30.3. The van der Waals surface area contributed by atoms with Gasteiger partial charge in [0.2, 0.25) is 5.91 Å². The van der Waals surface area contributed by atoms with Crippen molar-refractivity contribution in [3.63, 3.8) is 0 Å². The van der Waals surface area contributed by atoms with Gasteiger partial charge in [-0.05, 0) is 62.4 Å². The zero-order valence-electron chi connectivity index (χ0n) is 23.6. The van der Waals surface area contributed by atoms with Crippen LogP contribution in [0.1, 0.15) is 56.7 Å². The highest BCUT2D eigenvalue weighted by atomic mass is 32.2. The fourth-order valence-electron chi connectivity index (χ4n) is 4.83. The number of rotatable bonds is 11. The Morgan fingerprint density at radius 2 is 1.84 bits per heavy atom. The largest absolute Gasteiger partial charge is 0.495 e. The molecule has 0 bridgehead atoms. The summed E-state index contributed by atoms with van der Waals surface area (Å²) >= 11 is 2.56. The van der Waals surface area contributed by atoms with Gasteiger partial charge in [-0.15, -0.1) is 21.5 Å². The first-order valence-electron chi connectivity index (χ1n) is 13.8. The van der Waals surface area contributed by atoms with E-state index in [4.69, 9.17) is 9.47 Å². The molecule has 2 aromatic heterocycles. The fourth-order valence-corrected chi connectivity index (χ4v) is 6.89. The van der Waals surface area contributed by atoms with Crippen molar-refractivity contribution in [2.45, 2.75) is 44.3 Å². The number of nitrogens with zero attached hydrogens (tertiary/aromatic N) is 3. The van der Waals surface area contributed by atoms with Crippen LogP contribution in [0.3, 0.4) is 0 Å². The summed E-state index contributed by atoms with van der Waals surface area (Å²) in [5.74, 6) is -1.13. The van der Waals surface area contributed by atoms with Crippen LogP contribution in [0, 0.1) is 5.82 Å². The molecule has 0 aliphatic heterocycles. The molecule has 13 heteroatoms. The quantitative estimate of drug-likeness (QED) is 0.173. The monoisotopic (exact) mass is 623 g/mol. The second-order valence-corrected chi connectivity index (χ2v) is 11.6. The Hall–Kier alpha value is -4.23. The number of nitrogens with one attached hydrogen (secondary N) is 2. The molecule has 224 valence electrons. The molecule has 0 spiro atoms. The van der Waals surface area contributed by atoms with Crippen molar-refractivity contribution >= 4 is 45.9 Å². The van der Waals surface area contributed by atoms with Gasteiger partial charge in [0.1, 0.15) is 16.6 Å². The smallest absolute Gasteiger partial charge is 0.341 e. The number of aromatic nitrogens is 3. The van der Waals surface area contributed by atoms with E-state index in [2.05, 4.69) is 20.8 Å². The van der Waals surface area contributed by atoms with Gasteiger partial charge in [0.05, 0.1) is 42.8 Å². The van der Waals surface area contributed by atoms with Crippen LogP contribution in [0.2, 0.25) is 0 Å². The molecule has 1 aliphatic carbocycles. The highest BCUT2D eigenvalue weighted by molar-refractivity contribution is 7.99. The molecule has 4 aromatic rings. The average Bonchev–Trinajstić information content (AvgIpc) is 3.59. The third-order valence-electron chi connectivity index (χ3n) is 6.79. The van der Waals surface area contributed by atoms with Crippen molar-refractivity contribution in [1.82, 2.24) is 20.1 Å². The van der Waals surface area contributed by atoms with Crippen LogP contribution in [0.15, 0.2) is 53.7 Å². The van der Waals surface area contributed by atoms with Crippen molar-refractivity contribution in [2.75, 3.05) is 24.8 Å². The molecule has 0 saturated heterocycles. The van der Waals surface area contributed by atoms with Crippen molar-refractivity contribution < 1.29 is 28.2 Å². The number of carbonyl (C=O) groups excluding carboxylic acids is 3. The number of amides is 2. The molecular formula is C30H30FN5O5S2. The normalized spacial score (nSPS) is 12.3. The lowest BCUT2D eigenvalue weighted by atomic mass is 9.95. The van der Waals surface area contributed by atoms with Gasteiger partial charge < -0.3 is 20.1 Å². The van der Waals surface area contributed by atoms with Crippen molar-refractivity contribution in [2.24, 2.45) is 0 Å². The molecule has 2 N–H and O–H groups in total. The lowest BCUT2D eigenvalue weighted by molar-refractivity contribution is -0.113. The summed E-state index contributed by atoms with van der Waals surface area (Å²) in [6.45, 7) is 1.94. The number of benzene rings is 2. The lowest BCUT2D eigenvalue weighted by Gasteiger charge is -2.14. The van der Waals surface area contributed by atoms with Gasteiger partial charge >= 0.3 is 5.97 Å². The third kappa shape index (κ3) is 6.73. The second kappa shape index (κ2) is 13.8. The van der Waals surface area contributed by atoms with Crippen LogP contribution < -0.4 is 15.4 Å². The molecule has 1 aliphatic rings. The minimum Gasteiger partial charge on any atom is -0.495 e. The van der Waals surface area contributed by atoms with Crippen LogP contribution in [-0.2, 0) is 28.9 Å². The summed E-state index contributed by atoms with van der Waals surface area (Å²) in [5.41, 5.74) is 1.93. The molecule has 0 radical (unpaired) electrons. The first kappa shape index (κ1) is 30.2. The van der Waals surface area contributed by atoms with E-state index in [1.807, 2.05) is 12.1 Å². The summed E-state index contributed by atoms with van der Waals surface area (Å²) in [6, 6.07) is 12.9. The van der Waals surface area contributed by atoms with E-state index in [9.17, 15) is 18.8 Å². The fraction of sp³-hybridized carbons (Fsp3) is 0.300. The van der Waals surface area contributed by atoms with E-state index in [0.29, 0.717) is 33.0 Å². The Labute approximate surface area is 256 Å². The molecule has 2 heterocycles. The summed E-state index contributed by atoms with van der Waals surface area (Å²) < 4.78 is 26.7. The summed E-state index contributed by atoms with van der Waals surface area (Å²) in [7, 11) is 1.53. The molecule has 2 aromatic carbocycles. The number of thiophene rings is 1. The maximum Gasteiger partial charge on any atom is 0.341 e. The SMILES string of the molecule is CCOC(=O)c1c(NC(=O)CSc2nnc(CNC(=O)c3ccccc3F)n2-c2ccccc2OC)sc2c1CCCC2. The molecule has 0 atom stereocenters. The predicted molar refractivity (Wildman–Crippen MR) is 162 cm³/mol. The molecule has 0 saturated carbocycles. The number of esters is 1. The van der Waals surface area contributed by atoms with Crippen molar-refractivity contribution in [1.29, 1.82) is 0 Å². The number of aryl methyl sites for hydroxylation is 1. The third-order valence-corrected chi connectivity index (χ3v) is 8.92. The lowest BCUT2D eigenvalue weighted by Crippen LogP contribution is -2.25. The molecule has 43 heavy (non-hydrogen) atoms. The minimum absolute atomic E-state index is 0.0281. The van der Waals surface area contributed by atoms with E-state index >= 15 is 0 Å². The number of fused-ring (bicyclic) bond motifs is 1. The number of hydrogen-bond acceptors (Lipinski definition) is 9. The minimum atomic E-state index is -0.633. The number of thioether (sulfide) groups is 1. The van der Waals surface area contributed by atoms with Gasteiger partial charge in [0.15, 0.2) is 11.0 Å². The number of anilines is 1. The first-order chi connectivity index (χ1) is 20.9. The molecule has 0 unspecified atom stereocenters. The molecule has 0 fully saturated rings. The van der Waals surface area contributed by atoms with E-state index in [-0.39, 0.29) is 30.4 Å². The Kier molecular flexibility index (Phi) is 9.72.